The van der Waals surface area contributed by atoms with E-state index in [-0.39, 0.29) is 0 Å². The Morgan fingerprint density at radius 3 is 2.67 bits per heavy atom. The first-order valence-corrected chi connectivity index (χ1v) is 3.50. The lowest BCUT2D eigenvalue weighted by Crippen LogP contribution is -1.93. The van der Waals surface area contributed by atoms with Gasteiger partial charge in [-0.3, -0.25) is 0 Å². The molecule has 0 bridgehead atoms. The fourth-order valence-corrected chi connectivity index (χ4v) is 1.25. The maximum Gasteiger partial charge on any atom is 0.106 e. The first-order chi connectivity index (χ1) is 4.43. The van der Waals surface area contributed by atoms with Crippen LogP contribution in [-0.2, 0) is 4.84 Å². The summed E-state index contributed by atoms with van der Waals surface area (Å²) in [6.45, 7) is 0. The van der Waals surface area contributed by atoms with Crippen molar-refractivity contribution < 1.29 is 4.84 Å². The lowest BCUT2D eigenvalue weighted by atomic mass is 10.1. The van der Waals surface area contributed by atoms with Crippen molar-refractivity contribution in [3.8, 4) is 0 Å². The second-order valence-electron chi connectivity index (χ2n) is 2.48. The molecule has 0 N–H and O–H groups in total. The Morgan fingerprint density at radius 1 is 1.44 bits per heavy atom. The van der Waals surface area contributed by atoms with E-state index in [1.165, 1.54) is 25.7 Å². The summed E-state index contributed by atoms with van der Waals surface area (Å²) in [6, 6.07) is 0. The average molecular weight is 127 g/mol. The maximum absolute atomic E-state index is 4.57. The Kier molecular flexibility index (Phi) is 2.55. The zero-order chi connectivity index (χ0) is 6.53. The molecule has 0 unspecified atom stereocenters. The van der Waals surface area contributed by atoms with Gasteiger partial charge in [0.1, 0.15) is 7.11 Å². The molecule has 0 heterocycles. The Bertz CT molecular complexity index is 95.1. The van der Waals surface area contributed by atoms with Gasteiger partial charge in [-0.1, -0.05) is 18.0 Å². The Labute approximate surface area is 55.9 Å². The van der Waals surface area contributed by atoms with Crippen molar-refractivity contribution in [1.29, 1.82) is 0 Å². The monoisotopic (exact) mass is 127 g/mol. The van der Waals surface area contributed by atoms with E-state index in [0.717, 1.165) is 0 Å². The molecule has 0 atom stereocenters. The van der Waals surface area contributed by atoms with Crippen molar-refractivity contribution in [1.82, 2.24) is 0 Å². The van der Waals surface area contributed by atoms with Crippen molar-refractivity contribution in [3.63, 3.8) is 0 Å². The molecule has 1 fully saturated rings. The molecule has 0 amide bonds. The van der Waals surface area contributed by atoms with Crippen LogP contribution in [0.25, 0.3) is 0 Å². The van der Waals surface area contributed by atoms with E-state index in [9.17, 15) is 0 Å². The Morgan fingerprint density at radius 2 is 2.11 bits per heavy atom. The summed E-state index contributed by atoms with van der Waals surface area (Å²) >= 11 is 0. The minimum absolute atomic E-state index is 0.699. The SMILES string of the molecule is CO/N=C/C1CCCC1. The molecule has 2 heteroatoms. The van der Waals surface area contributed by atoms with E-state index in [4.69, 9.17) is 0 Å². The molecule has 0 spiro atoms. The fourth-order valence-electron chi connectivity index (χ4n) is 1.25. The Balaban J connectivity index is 2.18. The molecule has 1 aliphatic rings. The van der Waals surface area contributed by atoms with Crippen LogP contribution in [0.1, 0.15) is 25.7 Å². The summed E-state index contributed by atoms with van der Waals surface area (Å²) in [5, 5.41) is 3.73. The highest BCUT2D eigenvalue weighted by atomic mass is 16.6. The second kappa shape index (κ2) is 3.49. The third kappa shape index (κ3) is 2.04. The lowest BCUT2D eigenvalue weighted by Gasteiger charge is -1.96. The highest BCUT2D eigenvalue weighted by Gasteiger charge is 2.11. The van der Waals surface area contributed by atoms with Crippen LogP contribution >= 0.6 is 0 Å². The van der Waals surface area contributed by atoms with Gasteiger partial charge in [-0.05, 0) is 18.8 Å². The van der Waals surface area contributed by atoms with Gasteiger partial charge >= 0.3 is 0 Å². The third-order valence-corrected chi connectivity index (χ3v) is 1.78. The number of hydrogen-bond donors (Lipinski definition) is 0. The molecule has 1 saturated carbocycles. The largest absolute Gasteiger partial charge is 0.399 e. The average Bonchev–Trinajstić information content (AvgIpc) is 2.34. The Hall–Kier alpha value is -0.530. The molecule has 0 aromatic rings. The quantitative estimate of drug-likeness (QED) is 0.409. The fraction of sp³-hybridized carbons (Fsp3) is 0.857. The molecule has 0 aromatic carbocycles. The normalized spacial score (nSPS) is 21.4. The lowest BCUT2D eigenvalue weighted by molar-refractivity contribution is 0.213. The van der Waals surface area contributed by atoms with Gasteiger partial charge in [-0.2, -0.15) is 0 Å². The van der Waals surface area contributed by atoms with E-state index < -0.39 is 0 Å². The summed E-state index contributed by atoms with van der Waals surface area (Å²) in [7, 11) is 1.59. The van der Waals surface area contributed by atoms with Crippen molar-refractivity contribution in [2.45, 2.75) is 25.7 Å². The molecular weight excluding hydrogens is 114 g/mol. The van der Waals surface area contributed by atoms with E-state index in [0.29, 0.717) is 5.92 Å². The predicted octanol–water partition coefficient (Wildman–Crippen LogP) is 1.81. The van der Waals surface area contributed by atoms with Crippen molar-refractivity contribution in [2.24, 2.45) is 11.1 Å². The number of nitrogens with zero attached hydrogens (tertiary/aromatic N) is 1. The zero-order valence-electron chi connectivity index (χ0n) is 5.84. The van der Waals surface area contributed by atoms with E-state index in [1.54, 1.807) is 7.11 Å². The van der Waals surface area contributed by atoms with Crippen LogP contribution < -0.4 is 0 Å². The smallest absolute Gasteiger partial charge is 0.106 e. The summed E-state index contributed by atoms with van der Waals surface area (Å²) in [5.74, 6) is 0.699. The van der Waals surface area contributed by atoms with Crippen molar-refractivity contribution >= 4 is 6.21 Å². The highest BCUT2D eigenvalue weighted by Crippen LogP contribution is 2.22. The minimum atomic E-state index is 0.699. The molecule has 0 saturated heterocycles. The molecule has 9 heavy (non-hydrogen) atoms. The van der Waals surface area contributed by atoms with Crippen LogP contribution in [0, 0.1) is 5.92 Å². The zero-order valence-corrected chi connectivity index (χ0v) is 5.84. The first-order valence-electron chi connectivity index (χ1n) is 3.50. The first kappa shape index (κ1) is 6.59. The summed E-state index contributed by atoms with van der Waals surface area (Å²) in [4.78, 5) is 4.57. The van der Waals surface area contributed by atoms with Crippen LogP contribution in [-0.4, -0.2) is 13.3 Å². The van der Waals surface area contributed by atoms with Crippen molar-refractivity contribution in [2.75, 3.05) is 7.11 Å². The molecule has 0 radical (unpaired) electrons. The number of rotatable bonds is 2. The highest BCUT2D eigenvalue weighted by molar-refractivity contribution is 5.60. The van der Waals surface area contributed by atoms with Crippen LogP contribution in [0.2, 0.25) is 0 Å². The van der Waals surface area contributed by atoms with Crippen LogP contribution in [0.15, 0.2) is 5.16 Å². The minimum Gasteiger partial charge on any atom is -0.399 e. The third-order valence-electron chi connectivity index (χ3n) is 1.78. The number of oxime groups is 1. The van der Waals surface area contributed by atoms with Gasteiger partial charge < -0.3 is 4.84 Å². The van der Waals surface area contributed by atoms with Gasteiger partial charge in [0.2, 0.25) is 0 Å². The standard InChI is InChI=1S/C7H13NO/c1-9-8-6-7-4-2-3-5-7/h6-7H,2-5H2,1H3/b8-6+. The summed E-state index contributed by atoms with van der Waals surface area (Å²) < 4.78 is 0. The summed E-state index contributed by atoms with van der Waals surface area (Å²) in [6.07, 6.45) is 7.24. The topological polar surface area (TPSA) is 21.6 Å². The van der Waals surface area contributed by atoms with Gasteiger partial charge in [0, 0.05) is 6.21 Å². The van der Waals surface area contributed by atoms with Gasteiger partial charge in [0.05, 0.1) is 0 Å². The number of hydrogen-bond acceptors (Lipinski definition) is 2. The predicted molar refractivity (Wildman–Crippen MR) is 37.5 cm³/mol. The summed E-state index contributed by atoms with van der Waals surface area (Å²) in [5.41, 5.74) is 0. The van der Waals surface area contributed by atoms with Crippen LogP contribution in [0.5, 0.6) is 0 Å². The van der Waals surface area contributed by atoms with Gasteiger partial charge in [0.15, 0.2) is 0 Å². The molecule has 1 rings (SSSR count). The molecule has 52 valence electrons. The second-order valence-corrected chi connectivity index (χ2v) is 2.48. The van der Waals surface area contributed by atoms with Gasteiger partial charge in [-0.15, -0.1) is 0 Å². The van der Waals surface area contributed by atoms with Crippen LogP contribution in [0.3, 0.4) is 0 Å². The molecule has 1 aliphatic carbocycles. The van der Waals surface area contributed by atoms with Gasteiger partial charge in [0.25, 0.3) is 0 Å². The van der Waals surface area contributed by atoms with Gasteiger partial charge in [-0.25, -0.2) is 0 Å². The molecular formula is C7H13NO. The van der Waals surface area contributed by atoms with Crippen molar-refractivity contribution in [3.05, 3.63) is 0 Å². The molecule has 0 aromatic heterocycles. The maximum atomic E-state index is 4.57. The van der Waals surface area contributed by atoms with E-state index >= 15 is 0 Å². The molecule has 0 aliphatic heterocycles. The van der Waals surface area contributed by atoms with E-state index in [2.05, 4.69) is 9.99 Å². The molecule has 2 nitrogen and oxygen atoms in total. The van der Waals surface area contributed by atoms with E-state index in [1.807, 2.05) is 6.21 Å². The van der Waals surface area contributed by atoms with Crippen LogP contribution in [0.4, 0.5) is 0 Å².